The normalized spacial score (nSPS) is 9.75. The maximum absolute atomic E-state index is 9.57. The highest BCUT2D eigenvalue weighted by Crippen LogP contribution is 2.27. The highest BCUT2D eigenvalue weighted by atomic mass is 35.5. The fourth-order valence-electron chi connectivity index (χ4n) is 1.47. The quantitative estimate of drug-likeness (QED) is 0.812. The standard InChI is InChI=1S/C13H8ClNO/c14-12-3-1-2-9(6-12)10-4-5-11(8-15)13(16)7-10/h1-7,16H. The molecule has 2 aromatic carbocycles. The summed E-state index contributed by atoms with van der Waals surface area (Å²) in [6.07, 6.45) is 0. The topological polar surface area (TPSA) is 44.0 Å². The van der Waals surface area contributed by atoms with E-state index in [0.29, 0.717) is 5.02 Å². The minimum atomic E-state index is -0.0139. The summed E-state index contributed by atoms with van der Waals surface area (Å²) in [4.78, 5) is 0. The summed E-state index contributed by atoms with van der Waals surface area (Å²) >= 11 is 5.88. The number of phenols is 1. The number of aromatic hydroxyl groups is 1. The maximum atomic E-state index is 9.57. The summed E-state index contributed by atoms with van der Waals surface area (Å²) in [6, 6.07) is 14.2. The fraction of sp³-hybridized carbons (Fsp3) is 0. The van der Waals surface area contributed by atoms with Gasteiger partial charge in [0.05, 0.1) is 5.56 Å². The van der Waals surface area contributed by atoms with Gasteiger partial charge in [-0.2, -0.15) is 5.26 Å². The number of benzene rings is 2. The van der Waals surface area contributed by atoms with Crippen LogP contribution in [0.1, 0.15) is 5.56 Å². The molecule has 0 aromatic heterocycles. The van der Waals surface area contributed by atoms with Crippen molar-refractivity contribution in [3.05, 3.63) is 53.1 Å². The molecule has 16 heavy (non-hydrogen) atoms. The molecule has 0 aliphatic rings. The van der Waals surface area contributed by atoms with Crippen LogP contribution in [0.5, 0.6) is 5.75 Å². The Morgan fingerprint density at radius 2 is 1.81 bits per heavy atom. The molecule has 0 fully saturated rings. The molecule has 0 bridgehead atoms. The molecular weight excluding hydrogens is 222 g/mol. The summed E-state index contributed by atoms with van der Waals surface area (Å²) in [5, 5.41) is 18.9. The molecule has 0 aliphatic carbocycles. The smallest absolute Gasteiger partial charge is 0.133 e. The zero-order chi connectivity index (χ0) is 11.5. The van der Waals surface area contributed by atoms with E-state index in [1.807, 2.05) is 24.3 Å². The molecule has 0 heterocycles. The Labute approximate surface area is 98.3 Å². The minimum Gasteiger partial charge on any atom is -0.507 e. The van der Waals surface area contributed by atoms with Crippen LogP contribution in [0.15, 0.2) is 42.5 Å². The zero-order valence-corrected chi connectivity index (χ0v) is 9.07. The summed E-state index contributed by atoms with van der Waals surface area (Å²) in [7, 11) is 0. The van der Waals surface area contributed by atoms with Crippen LogP contribution in [0.4, 0.5) is 0 Å². The molecule has 0 amide bonds. The molecule has 2 rings (SSSR count). The van der Waals surface area contributed by atoms with E-state index >= 15 is 0 Å². The summed E-state index contributed by atoms with van der Waals surface area (Å²) in [5.41, 5.74) is 2.01. The molecule has 78 valence electrons. The van der Waals surface area contributed by atoms with Gasteiger partial charge >= 0.3 is 0 Å². The SMILES string of the molecule is N#Cc1ccc(-c2cccc(Cl)c2)cc1O. The Balaban J connectivity index is 2.50. The number of halogens is 1. The summed E-state index contributed by atoms with van der Waals surface area (Å²) in [5.74, 6) is -0.0139. The van der Waals surface area contributed by atoms with Gasteiger partial charge in [0.15, 0.2) is 0 Å². The molecule has 0 saturated carbocycles. The molecule has 0 spiro atoms. The molecule has 1 N–H and O–H groups in total. The average molecular weight is 230 g/mol. The van der Waals surface area contributed by atoms with Crippen molar-refractivity contribution in [2.24, 2.45) is 0 Å². The molecular formula is C13H8ClNO. The number of nitrogens with zero attached hydrogens (tertiary/aromatic N) is 1. The summed E-state index contributed by atoms with van der Waals surface area (Å²) < 4.78 is 0. The molecule has 0 unspecified atom stereocenters. The van der Waals surface area contributed by atoms with Gasteiger partial charge in [-0.15, -0.1) is 0 Å². The van der Waals surface area contributed by atoms with Gasteiger partial charge in [-0.3, -0.25) is 0 Å². The third-order valence-electron chi connectivity index (χ3n) is 2.28. The second-order valence-corrected chi connectivity index (χ2v) is 3.79. The van der Waals surface area contributed by atoms with E-state index in [1.54, 1.807) is 24.3 Å². The van der Waals surface area contributed by atoms with Gasteiger partial charge in [-0.05, 0) is 35.4 Å². The predicted octanol–water partition coefficient (Wildman–Crippen LogP) is 3.58. The molecule has 3 heteroatoms. The third kappa shape index (κ3) is 2.00. The van der Waals surface area contributed by atoms with Crippen LogP contribution < -0.4 is 0 Å². The van der Waals surface area contributed by atoms with Gasteiger partial charge in [0, 0.05) is 5.02 Å². The van der Waals surface area contributed by atoms with Crippen molar-refractivity contribution in [3.63, 3.8) is 0 Å². The summed E-state index contributed by atoms with van der Waals surface area (Å²) in [6.45, 7) is 0. The van der Waals surface area contributed by atoms with Crippen molar-refractivity contribution in [1.82, 2.24) is 0 Å². The Kier molecular flexibility index (Phi) is 2.80. The van der Waals surface area contributed by atoms with Gasteiger partial charge in [0.2, 0.25) is 0 Å². The van der Waals surface area contributed by atoms with Crippen molar-refractivity contribution in [1.29, 1.82) is 5.26 Å². The van der Waals surface area contributed by atoms with Crippen LogP contribution in [-0.4, -0.2) is 5.11 Å². The highest BCUT2D eigenvalue weighted by Gasteiger charge is 2.03. The number of hydrogen-bond acceptors (Lipinski definition) is 2. The van der Waals surface area contributed by atoms with E-state index in [2.05, 4.69) is 0 Å². The lowest BCUT2D eigenvalue weighted by Crippen LogP contribution is -1.80. The second kappa shape index (κ2) is 4.26. The predicted molar refractivity (Wildman–Crippen MR) is 63.3 cm³/mol. The second-order valence-electron chi connectivity index (χ2n) is 3.35. The van der Waals surface area contributed by atoms with Crippen molar-refractivity contribution in [2.75, 3.05) is 0 Å². The Morgan fingerprint density at radius 3 is 2.44 bits per heavy atom. The maximum Gasteiger partial charge on any atom is 0.133 e. The lowest BCUT2D eigenvalue weighted by Gasteiger charge is -2.03. The molecule has 0 saturated heterocycles. The Morgan fingerprint density at radius 1 is 1.06 bits per heavy atom. The first kappa shape index (κ1) is 10.5. The average Bonchev–Trinajstić information content (AvgIpc) is 2.29. The zero-order valence-electron chi connectivity index (χ0n) is 8.31. The van der Waals surface area contributed by atoms with Crippen LogP contribution >= 0.6 is 11.6 Å². The Hall–Kier alpha value is -1.98. The van der Waals surface area contributed by atoms with E-state index in [9.17, 15) is 5.11 Å². The van der Waals surface area contributed by atoms with E-state index < -0.39 is 0 Å². The minimum absolute atomic E-state index is 0.0139. The van der Waals surface area contributed by atoms with E-state index in [1.165, 1.54) is 0 Å². The highest BCUT2D eigenvalue weighted by molar-refractivity contribution is 6.30. The number of hydrogen-bond donors (Lipinski definition) is 1. The lowest BCUT2D eigenvalue weighted by atomic mass is 10.0. The first-order valence-electron chi connectivity index (χ1n) is 4.70. The first-order valence-corrected chi connectivity index (χ1v) is 5.07. The lowest BCUT2D eigenvalue weighted by molar-refractivity contribution is 0.474. The van der Waals surface area contributed by atoms with Crippen molar-refractivity contribution in [3.8, 4) is 22.9 Å². The van der Waals surface area contributed by atoms with Crippen molar-refractivity contribution < 1.29 is 5.11 Å². The van der Waals surface area contributed by atoms with Gasteiger partial charge in [0.25, 0.3) is 0 Å². The number of phenolic OH excluding ortho intramolecular Hbond substituents is 1. The first-order chi connectivity index (χ1) is 7.70. The van der Waals surface area contributed by atoms with Gasteiger partial charge in [0.1, 0.15) is 11.8 Å². The molecule has 0 atom stereocenters. The van der Waals surface area contributed by atoms with Gasteiger partial charge < -0.3 is 5.11 Å². The number of nitriles is 1. The van der Waals surface area contributed by atoms with Gasteiger partial charge in [-0.25, -0.2) is 0 Å². The van der Waals surface area contributed by atoms with E-state index in [0.717, 1.165) is 11.1 Å². The molecule has 0 radical (unpaired) electrons. The largest absolute Gasteiger partial charge is 0.507 e. The number of rotatable bonds is 1. The van der Waals surface area contributed by atoms with Crippen LogP contribution in [0.2, 0.25) is 5.02 Å². The monoisotopic (exact) mass is 229 g/mol. The van der Waals surface area contributed by atoms with E-state index in [-0.39, 0.29) is 11.3 Å². The molecule has 2 aromatic rings. The third-order valence-corrected chi connectivity index (χ3v) is 2.51. The Bertz CT molecular complexity index is 572. The van der Waals surface area contributed by atoms with Crippen LogP contribution in [0, 0.1) is 11.3 Å². The van der Waals surface area contributed by atoms with Crippen LogP contribution in [-0.2, 0) is 0 Å². The van der Waals surface area contributed by atoms with Gasteiger partial charge in [-0.1, -0.05) is 29.8 Å². The van der Waals surface area contributed by atoms with E-state index in [4.69, 9.17) is 16.9 Å². The molecule has 0 aliphatic heterocycles. The van der Waals surface area contributed by atoms with Crippen LogP contribution in [0.25, 0.3) is 11.1 Å². The fourth-order valence-corrected chi connectivity index (χ4v) is 1.66. The van der Waals surface area contributed by atoms with Crippen molar-refractivity contribution in [2.45, 2.75) is 0 Å². The molecule has 2 nitrogen and oxygen atoms in total. The van der Waals surface area contributed by atoms with Crippen molar-refractivity contribution >= 4 is 11.6 Å². The van der Waals surface area contributed by atoms with Crippen LogP contribution in [0.3, 0.4) is 0 Å².